The molecule has 0 radical (unpaired) electrons. The number of nitrogens with two attached hydrogens (primary N) is 1. The summed E-state index contributed by atoms with van der Waals surface area (Å²) >= 11 is 0. The van der Waals surface area contributed by atoms with Gasteiger partial charge in [-0.15, -0.1) is 0 Å². The molecule has 31 heavy (non-hydrogen) atoms. The van der Waals surface area contributed by atoms with Gasteiger partial charge in [0.25, 0.3) is 0 Å². The summed E-state index contributed by atoms with van der Waals surface area (Å²) in [4.78, 5) is 4.51. The number of allylic oxidation sites excluding steroid dienone is 1. The molecule has 3 aromatic rings. The SMILES string of the molecule is Cc1ccc(N=Cc2cc3c(cc2O)OC(N)=C(C#N)[C@H]3c2cccc(F)c2)c(C)c1. The van der Waals surface area contributed by atoms with Crippen molar-refractivity contribution in [2.24, 2.45) is 10.7 Å². The zero-order valence-corrected chi connectivity index (χ0v) is 17.1. The van der Waals surface area contributed by atoms with E-state index in [9.17, 15) is 14.8 Å². The predicted molar refractivity (Wildman–Crippen MR) is 117 cm³/mol. The van der Waals surface area contributed by atoms with Crippen LogP contribution >= 0.6 is 0 Å². The molecule has 5 nitrogen and oxygen atoms in total. The van der Waals surface area contributed by atoms with E-state index in [1.165, 1.54) is 18.2 Å². The zero-order valence-electron chi connectivity index (χ0n) is 17.1. The minimum absolute atomic E-state index is 0.0431. The van der Waals surface area contributed by atoms with E-state index in [0.29, 0.717) is 22.4 Å². The van der Waals surface area contributed by atoms with Gasteiger partial charge in [0, 0.05) is 23.4 Å². The summed E-state index contributed by atoms with van der Waals surface area (Å²) in [6, 6.07) is 17.1. The third kappa shape index (κ3) is 3.86. The molecule has 0 unspecified atom stereocenters. The molecule has 0 bridgehead atoms. The average molecular weight is 413 g/mol. The van der Waals surface area contributed by atoms with E-state index in [1.54, 1.807) is 24.4 Å². The van der Waals surface area contributed by atoms with E-state index in [1.807, 2.05) is 32.0 Å². The monoisotopic (exact) mass is 413 g/mol. The van der Waals surface area contributed by atoms with Crippen molar-refractivity contribution in [1.29, 1.82) is 5.26 Å². The molecule has 0 saturated carbocycles. The number of nitrogens with zero attached hydrogens (tertiary/aromatic N) is 2. The fourth-order valence-corrected chi connectivity index (χ4v) is 3.73. The zero-order chi connectivity index (χ0) is 22.1. The fraction of sp³-hybridized carbons (Fsp3) is 0.120. The topological polar surface area (TPSA) is 91.6 Å². The molecule has 0 saturated heterocycles. The molecular formula is C25H20FN3O2. The summed E-state index contributed by atoms with van der Waals surface area (Å²) in [6.45, 7) is 3.97. The number of fused-ring (bicyclic) bond motifs is 1. The van der Waals surface area contributed by atoms with Crippen molar-refractivity contribution >= 4 is 11.9 Å². The van der Waals surface area contributed by atoms with Crippen molar-refractivity contribution < 1.29 is 14.2 Å². The summed E-state index contributed by atoms with van der Waals surface area (Å²) in [5.41, 5.74) is 10.7. The van der Waals surface area contributed by atoms with Gasteiger partial charge in [-0.25, -0.2) is 4.39 Å². The lowest BCUT2D eigenvalue weighted by molar-refractivity contribution is 0.388. The van der Waals surface area contributed by atoms with Gasteiger partial charge in [-0.05, 0) is 49.2 Å². The molecule has 0 spiro atoms. The van der Waals surface area contributed by atoms with Gasteiger partial charge in [0.2, 0.25) is 5.88 Å². The number of aliphatic imine (C=N–C) groups is 1. The van der Waals surface area contributed by atoms with Crippen LogP contribution in [0.1, 0.15) is 33.7 Å². The Hall–Kier alpha value is -4.11. The Bertz CT molecular complexity index is 1290. The second-order valence-electron chi connectivity index (χ2n) is 7.48. The first-order chi connectivity index (χ1) is 14.9. The standard InChI is InChI=1S/C25H20FN3O2/c1-14-6-7-21(15(2)8-14)29-13-17-10-19-23(11-22(17)30)31-25(28)20(12-27)24(19)16-4-3-5-18(26)9-16/h3-11,13,24,30H,28H2,1-2H3/t24-/m0/s1. The first-order valence-electron chi connectivity index (χ1n) is 9.68. The van der Waals surface area contributed by atoms with Gasteiger partial charge in [0.1, 0.15) is 29.0 Å². The third-order valence-corrected chi connectivity index (χ3v) is 5.24. The molecular weight excluding hydrogens is 393 g/mol. The molecule has 0 aliphatic carbocycles. The Labute approximate surface area is 179 Å². The molecule has 4 rings (SSSR count). The highest BCUT2D eigenvalue weighted by atomic mass is 19.1. The Balaban J connectivity index is 1.83. The molecule has 0 aromatic heterocycles. The number of halogens is 1. The summed E-state index contributed by atoms with van der Waals surface area (Å²) < 4.78 is 19.5. The van der Waals surface area contributed by atoms with Crippen molar-refractivity contribution in [2.45, 2.75) is 19.8 Å². The number of aromatic hydroxyl groups is 1. The van der Waals surface area contributed by atoms with Gasteiger partial charge < -0.3 is 15.6 Å². The van der Waals surface area contributed by atoms with Crippen LogP contribution in [0.4, 0.5) is 10.1 Å². The van der Waals surface area contributed by atoms with Crippen LogP contribution in [0.2, 0.25) is 0 Å². The van der Waals surface area contributed by atoms with E-state index in [2.05, 4.69) is 11.1 Å². The van der Waals surface area contributed by atoms with Crippen LogP contribution in [0.5, 0.6) is 11.5 Å². The largest absolute Gasteiger partial charge is 0.507 e. The first kappa shape index (κ1) is 20.2. The van der Waals surface area contributed by atoms with Crippen LogP contribution in [-0.2, 0) is 0 Å². The number of aryl methyl sites for hydroxylation is 2. The molecule has 6 heteroatoms. The van der Waals surface area contributed by atoms with Crippen molar-refractivity contribution in [2.75, 3.05) is 0 Å². The number of nitriles is 1. The maximum atomic E-state index is 13.9. The Morgan fingerprint density at radius 2 is 1.97 bits per heavy atom. The normalized spacial score (nSPS) is 15.5. The number of ether oxygens (including phenoxy) is 1. The molecule has 3 N–H and O–H groups in total. The average Bonchev–Trinajstić information content (AvgIpc) is 2.72. The number of benzene rings is 3. The van der Waals surface area contributed by atoms with E-state index in [4.69, 9.17) is 10.5 Å². The van der Waals surface area contributed by atoms with E-state index in [-0.39, 0.29) is 17.2 Å². The van der Waals surface area contributed by atoms with Crippen molar-refractivity contribution in [3.05, 3.63) is 99.7 Å². The number of hydrogen-bond acceptors (Lipinski definition) is 5. The molecule has 3 aromatic carbocycles. The van der Waals surface area contributed by atoms with Gasteiger partial charge in [0.05, 0.1) is 11.6 Å². The highest BCUT2D eigenvalue weighted by Gasteiger charge is 2.31. The van der Waals surface area contributed by atoms with E-state index < -0.39 is 11.7 Å². The molecule has 0 amide bonds. The lowest BCUT2D eigenvalue weighted by Gasteiger charge is -2.27. The lowest BCUT2D eigenvalue weighted by Crippen LogP contribution is -2.21. The fourth-order valence-electron chi connectivity index (χ4n) is 3.73. The minimum Gasteiger partial charge on any atom is -0.507 e. The van der Waals surface area contributed by atoms with E-state index in [0.717, 1.165) is 16.8 Å². The maximum absolute atomic E-state index is 13.9. The third-order valence-electron chi connectivity index (χ3n) is 5.24. The van der Waals surface area contributed by atoms with Crippen LogP contribution < -0.4 is 10.5 Å². The number of phenolic OH excluding ortho intramolecular Hbond substituents is 1. The molecule has 1 aliphatic rings. The molecule has 0 fully saturated rings. The first-order valence-corrected chi connectivity index (χ1v) is 9.68. The maximum Gasteiger partial charge on any atom is 0.205 e. The van der Waals surface area contributed by atoms with Crippen LogP contribution in [0.3, 0.4) is 0 Å². The van der Waals surface area contributed by atoms with Crippen molar-refractivity contribution in [1.82, 2.24) is 0 Å². The molecule has 1 aliphatic heterocycles. The summed E-state index contributed by atoms with van der Waals surface area (Å²) in [6.07, 6.45) is 1.56. The summed E-state index contributed by atoms with van der Waals surface area (Å²) in [7, 11) is 0. The molecule has 1 atom stereocenters. The second-order valence-corrected chi connectivity index (χ2v) is 7.48. The van der Waals surface area contributed by atoms with Crippen LogP contribution in [0.25, 0.3) is 0 Å². The number of phenols is 1. The quantitative estimate of drug-likeness (QED) is 0.583. The van der Waals surface area contributed by atoms with Gasteiger partial charge >= 0.3 is 0 Å². The highest BCUT2D eigenvalue weighted by molar-refractivity contribution is 5.87. The van der Waals surface area contributed by atoms with E-state index >= 15 is 0 Å². The highest BCUT2D eigenvalue weighted by Crippen LogP contribution is 2.44. The molecule has 1 heterocycles. The minimum atomic E-state index is -0.627. The Morgan fingerprint density at radius 3 is 2.68 bits per heavy atom. The van der Waals surface area contributed by atoms with Crippen molar-refractivity contribution in [3.63, 3.8) is 0 Å². The Kier molecular flexibility index (Phi) is 5.18. The lowest BCUT2D eigenvalue weighted by atomic mass is 9.83. The predicted octanol–water partition coefficient (Wildman–Crippen LogP) is 5.12. The summed E-state index contributed by atoms with van der Waals surface area (Å²) in [5, 5.41) is 20.2. The van der Waals surface area contributed by atoms with Crippen LogP contribution in [0, 0.1) is 31.0 Å². The molecule has 154 valence electrons. The van der Waals surface area contributed by atoms with Gasteiger partial charge in [0.15, 0.2) is 0 Å². The van der Waals surface area contributed by atoms with Crippen LogP contribution in [0.15, 0.2) is 71.0 Å². The second kappa shape index (κ2) is 7.96. The van der Waals surface area contributed by atoms with Gasteiger partial charge in [-0.3, -0.25) is 4.99 Å². The van der Waals surface area contributed by atoms with Gasteiger partial charge in [-0.1, -0.05) is 29.8 Å². The summed E-state index contributed by atoms with van der Waals surface area (Å²) in [5.74, 6) is -0.846. The van der Waals surface area contributed by atoms with Crippen LogP contribution in [-0.4, -0.2) is 11.3 Å². The Morgan fingerprint density at radius 1 is 1.16 bits per heavy atom. The smallest absolute Gasteiger partial charge is 0.205 e. The number of hydrogen-bond donors (Lipinski definition) is 2. The number of rotatable bonds is 3. The van der Waals surface area contributed by atoms with Crippen molar-refractivity contribution in [3.8, 4) is 17.6 Å². The van der Waals surface area contributed by atoms with Gasteiger partial charge in [-0.2, -0.15) is 5.26 Å².